The summed E-state index contributed by atoms with van der Waals surface area (Å²) in [6.45, 7) is 4.98. The van der Waals surface area contributed by atoms with Crippen LogP contribution in [0.2, 0.25) is 0 Å². The summed E-state index contributed by atoms with van der Waals surface area (Å²) in [4.78, 5) is 23.3. The molecule has 0 saturated carbocycles. The number of hydrogen-bond donors (Lipinski definition) is 2. The summed E-state index contributed by atoms with van der Waals surface area (Å²) in [6, 6.07) is 3.10. The average Bonchev–Trinajstić information content (AvgIpc) is 2.34. The summed E-state index contributed by atoms with van der Waals surface area (Å²) in [5.41, 5.74) is 6.02. The van der Waals surface area contributed by atoms with Crippen molar-refractivity contribution in [3.63, 3.8) is 0 Å². The van der Waals surface area contributed by atoms with Crippen LogP contribution in [-0.4, -0.2) is 17.0 Å². The molecule has 1 heterocycles. The molecule has 18 heavy (non-hydrogen) atoms. The number of anilines is 1. The summed E-state index contributed by atoms with van der Waals surface area (Å²) >= 11 is 0. The standard InChI is InChI=1S/C13H21N3O2/c1-3-8-16-9-11(4-5-12(16)17)15-13(18)10(2)6-7-14/h4-5,9-10H,3,6-8,14H2,1-2H3,(H,15,18). The molecule has 0 aromatic carbocycles. The number of nitrogens with one attached hydrogen (secondary N) is 1. The fraction of sp³-hybridized carbons (Fsp3) is 0.538. The highest BCUT2D eigenvalue weighted by molar-refractivity contribution is 5.92. The fourth-order valence-corrected chi connectivity index (χ4v) is 1.67. The summed E-state index contributed by atoms with van der Waals surface area (Å²) in [7, 11) is 0. The van der Waals surface area contributed by atoms with Crippen molar-refractivity contribution in [3.05, 3.63) is 28.7 Å². The summed E-state index contributed by atoms with van der Waals surface area (Å²) in [6.07, 6.45) is 3.21. The molecule has 100 valence electrons. The van der Waals surface area contributed by atoms with Crippen molar-refractivity contribution in [3.8, 4) is 0 Å². The van der Waals surface area contributed by atoms with Crippen LogP contribution in [0.5, 0.6) is 0 Å². The highest BCUT2D eigenvalue weighted by atomic mass is 16.2. The van der Waals surface area contributed by atoms with E-state index >= 15 is 0 Å². The maximum absolute atomic E-state index is 11.8. The number of nitrogens with zero attached hydrogens (tertiary/aromatic N) is 1. The zero-order valence-corrected chi connectivity index (χ0v) is 11.0. The largest absolute Gasteiger partial charge is 0.330 e. The molecule has 0 aliphatic carbocycles. The van der Waals surface area contributed by atoms with Crippen LogP contribution >= 0.6 is 0 Å². The van der Waals surface area contributed by atoms with Gasteiger partial charge >= 0.3 is 0 Å². The Morgan fingerprint density at radius 1 is 1.50 bits per heavy atom. The molecular formula is C13H21N3O2. The normalized spacial score (nSPS) is 12.2. The number of hydrogen-bond acceptors (Lipinski definition) is 3. The molecule has 0 spiro atoms. The van der Waals surface area contributed by atoms with Crippen LogP contribution in [0, 0.1) is 5.92 Å². The van der Waals surface area contributed by atoms with Gasteiger partial charge in [0.15, 0.2) is 0 Å². The minimum atomic E-state index is -0.124. The smallest absolute Gasteiger partial charge is 0.250 e. The molecule has 1 atom stereocenters. The molecule has 5 heteroatoms. The van der Waals surface area contributed by atoms with Crippen LogP contribution in [0.1, 0.15) is 26.7 Å². The van der Waals surface area contributed by atoms with E-state index in [1.807, 2.05) is 13.8 Å². The number of aromatic nitrogens is 1. The molecule has 1 unspecified atom stereocenters. The molecule has 1 aromatic rings. The molecule has 1 aromatic heterocycles. The van der Waals surface area contributed by atoms with Gasteiger partial charge in [-0.3, -0.25) is 9.59 Å². The Labute approximate surface area is 107 Å². The number of pyridine rings is 1. The van der Waals surface area contributed by atoms with Gasteiger partial charge in [-0.15, -0.1) is 0 Å². The lowest BCUT2D eigenvalue weighted by Crippen LogP contribution is -2.24. The highest BCUT2D eigenvalue weighted by Gasteiger charge is 2.12. The second-order valence-electron chi connectivity index (χ2n) is 4.42. The van der Waals surface area contributed by atoms with E-state index in [2.05, 4.69) is 5.32 Å². The molecule has 0 aliphatic rings. The van der Waals surface area contributed by atoms with Gasteiger partial charge in [0.05, 0.1) is 5.69 Å². The van der Waals surface area contributed by atoms with Crippen molar-refractivity contribution in [2.45, 2.75) is 33.2 Å². The molecule has 0 radical (unpaired) electrons. The van der Waals surface area contributed by atoms with Crippen LogP contribution in [-0.2, 0) is 11.3 Å². The van der Waals surface area contributed by atoms with E-state index in [1.165, 1.54) is 6.07 Å². The summed E-state index contributed by atoms with van der Waals surface area (Å²) < 4.78 is 1.60. The molecule has 3 N–H and O–H groups in total. The molecule has 1 amide bonds. The Balaban J connectivity index is 2.76. The third-order valence-electron chi connectivity index (χ3n) is 2.76. The van der Waals surface area contributed by atoms with Crippen LogP contribution in [0.25, 0.3) is 0 Å². The Morgan fingerprint density at radius 3 is 2.83 bits per heavy atom. The van der Waals surface area contributed by atoms with Gasteiger partial charge in [-0.2, -0.15) is 0 Å². The predicted octanol–water partition coefficient (Wildman–Crippen LogP) is 1.18. The molecule has 1 rings (SSSR count). The first-order valence-corrected chi connectivity index (χ1v) is 6.30. The minimum absolute atomic E-state index is 0.0511. The van der Waals surface area contributed by atoms with Gasteiger partial charge in [0.1, 0.15) is 0 Å². The second kappa shape index (κ2) is 6.96. The molecule has 0 aliphatic heterocycles. The maximum Gasteiger partial charge on any atom is 0.250 e. The van der Waals surface area contributed by atoms with Crippen molar-refractivity contribution in [1.82, 2.24) is 4.57 Å². The van der Waals surface area contributed by atoms with Crippen LogP contribution in [0.4, 0.5) is 5.69 Å². The highest BCUT2D eigenvalue weighted by Crippen LogP contribution is 2.08. The molecule has 0 saturated heterocycles. The molecule has 0 fully saturated rings. The Morgan fingerprint density at radius 2 is 2.22 bits per heavy atom. The topological polar surface area (TPSA) is 77.1 Å². The number of aryl methyl sites for hydroxylation is 1. The lowest BCUT2D eigenvalue weighted by atomic mass is 10.1. The van der Waals surface area contributed by atoms with Crippen LogP contribution in [0.3, 0.4) is 0 Å². The summed E-state index contributed by atoms with van der Waals surface area (Å²) in [5.74, 6) is -0.191. The number of carbonyl (C=O) groups excluding carboxylic acids is 1. The first-order chi connectivity index (χ1) is 8.58. The number of rotatable bonds is 6. The lowest BCUT2D eigenvalue weighted by Gasteiger charge is -2.12. The average molecular weight is 251 g/mol. The van der Waals surface area contributed by atoms with E-state index in [1.54, 1.807) is 16.8 Å². The third-order valence-corrected chi connectivity index (χ3v) is 2.76. The second-order valence-corrected chi connectivity index (χ2v) is 4.42. The van der Waals surface area contributed by atoms with Crippen LogP contribution in [0.15, 0.2) is 23.1 Å². The zero-order valence-electron chi connectivity index (χ0n) is 11.0. The van der Waals surface area contributed by atoms with E-state index in [0.717, 1.165) is 6.42 Å². The molecule has 5 nitrogen and oxygen atoms in total. The Bertz CT molecular complexity index is 454. The lowest BCUT2D eigenvalue weighted by molar-refractivity contribution is -0.119. The van der Waals surface area contributed by atoms with Crippen LogP contribution < -0.4 is 16.6 Å². The number of amides is 1. The fourth-order valence-electron chi connectivity index (χ4n) is 1.67. The van der Waals surface area contributed by atoms with Gasteiger partial charge in [-0.1, -0.05) is 13.8 Å². The first kappa shape index (κ1) is 14.4. The minimum Gasteiger partial charge on any atom is -0.330 e. The van der Waals surface area contributed by atoms with E-state index in [-0.39, 0.29) is 17.4 Å². The van der Waals surface area contributed by atoms with Crippen molar-refractivity contribution in [1.29, 1.82) is 0 Å². The van der Waals surface area contributed by atoms with Gasteiger partial charge < -0.3 is 15.6 Å². The van der Waals surface area contributed by atoms with Crippen molar-refractivity contribution >= 4 is 11.6 Å². The van der Waals surface area contributed by atoms with Crippen molar-refractivity contribution in [2.75, 3.05) is 11.9 Å². The Hall–Kier alpha value is -1.62. The van der Waals surface area contributed by atoms with Crippen molar-refractivity contribution < 1.29 is 4.79 Å². The van der Waals surface area contributed by atoms with Gasteiger partial charge in [-0.25, -0.2) is 0 Å². The van der Waals surface area contributed by atoms with E-state index < -0.39 is 0 Å². The monoisotopic (exact) mass is 251 g/mol. The van der Waals surface area contributed by atoms with Crippen molar-refractivity contribution in [2.24, 2.45) is 11.7 Å². The summed E-state index contributed by atoms with van der Waals surface area (Å²) in [5, 5.41) is 2.80. The third kappa shape index (κ3) is 4.00. The Kier molecular flexibility index (Phi) is 5.58. The number of nitrogens with two attached hydrogens (primary N) is 1. The zero-order chi connectivity index (χ0) is 13.5. The van der Waals surface area contributed by atoms with Gasteiger partial charge in [0, 0.05) is 24.7 Å². The quantitative estimate of drug-likeness (QED) is 0.797. The van der Waals surface area contributed by atoms with Gasteiger partial charge in [-0.05, 0) is 25.5 Å². The SMILES string of the molecule is CCCn1cc(NC(=O)C(C)CCN)ccc1=O. The van der Waals surface area contributed by atoms with Gasteiger partial charge in [0.25, 0.3) is 5.56 Å². The van der Waals surface area contributed by atoms with E-state index in [9.17, 15) is 9.59 Å². The van der Waals surface area contributed by atoms with E-state index in [0.29, 0.717) is 25.2 Å². The van der Waals surface area contributed by atoms with Gasteiger partial charge in [0.2, 0.25) is 5.91 Å². The maximum atomic E-state index is 11.8. The number of carbonyl (C=O) groups is 1. The predicted molar refractivity (Wildman–Crippen MR) is 72.5 cm³/mol. The first-order valence-electron chi connectivity index (χ1n) is 6.30. The van der Waals surface area contributed by atoms with E-state index in [4.69, 9.17) is 5.73 Å². The molecular weight excluding hydrogens is 230 g/mol. The molecule has 0 bridgehead atoms.